The van der Waals surface area contributed by atoms with Gasteiger partial charge in [0.1, 0.15) is 5.84 Å². The number of hydrogen-bond acceptors (Lipinski definition) is 5. The van der Waals surface area contributed by atoms with Crippen LogP contribution in [0.25, 0.3) is 0 Å². The summed E-state index contributed by atoms with van der Waals surface area (Å²) in [6.07, 6.45) is 1.18. The van der Waals surface area contributed by atoms with Crippen molar-refractivity contribution in [1.29, 1.82) is 0 Å². The Morgan fingerprint density at radius 3 is 2.50 bits per heavy atom. The Bertz CT molecular complexity index is 1030. The van der Waals surface area contributed by atoms with Crippen molar-refractivity contribution in [3.63, 3.8) is 0 Å². The third-order valence-corrected chi connectivity index (χ3v) is 6.56. The van der Waals surface area contributed by atoms with Crippen molar-refractivity contribution in [2.45, 2.75) is 30.7 Å². The van der Waals surface area contributed by atoms with E-state index in [1.807, 2.05) is 14.1 Å². The Hall–Kier alpha value is -2.71. The maximum Gasteiger partial charge on any atom is 0.263 e. The summed E-state index contributed by atoms with van der Waals surface area (Å²) in [6.45, 7) is 2.82. The molecule has 1 atom stereocenters. The largest absolute Gasteiger partial charge is 0.354 e. The second-order valence-electron chi connectivity index (χ2n) is 7.46. The van der Waals surface area contributed by atoms with Crippen LogP contribution in [-0.2, 0) is 21.2 Å². The number of carbonyl (C=O) groups excluding carboxylic acids is 1. The average Bonchev–Trinajstić information content (AvgIpc) is 2.99. The number of benzene rings is 2. The molecule has 160 valence electrons. The maximum atomic E-state index is 12.3. The summed E-state index contributed by atoms with van der Waals surface area (Å²) in [5, 5.41) is 2.96. The van der Waals surface area contributed by atoms with Crippen LogP contribution in [0.2, 0.25) is 0 Å². The number of fused-ring (bicyclic) bond motifs is 1. The van der Waals surface area contributed by atoms with Crippen LogP contribution in [0.15, 0.2) is 58.4 Å². The predicted molar refractivity (Wildman–Crippen MR) is 118 cm³/mol. The van der Waals surface area contributed by atoms with Gasteiger partial charge in [0.2, 0.25) is 5.91 Å². The topological polar surface area (TPSA) is 90.9 Å². The molecule has 2 aromatic carbocycles. The Labute approximate surface area is 178 Å². The first-order valence-electron chi connectivity index (χ1n) is 10.0. The zero-order chi connectivity index (χ0) is 21.7. The summed E-state index contributed by atoms with van der Waals surface area (Å²) < 4.78 is 26.7. The number of nitrogens with one attached hydrogen (secondary N) is 2. The van der Waals surface area contributed by atoms with Gasteiger partial charge >= 0.3 is 0 Å². The smallest absolute Gasteiger partial charge is 0.263 e. The molecular weight excluding hydrogens is 400 g/mol. The maximum absolute atomic E-state index is 12.3. The summed E-state index contributed by atoms with van der Waals surface area (Å²) in [6, 6.07) is 15.2. The SMILES string of the molecule is CCc1ccc(C(CNC(=O)CCN=C2NS(=O)(=O)c3ccccc32)N(C)C)cc1. The van der Waals surface area contributed by atoms with Crippen molar-refractivity contribution in [2.24, 2.45) is 4.99 Å². The summed E-state index contributed by atoms with van der Waals surface area (Å²) in [7, 11) is 0.414. The van der Waals surface area contributed by atoms with Crippen LogP contribution in [0.1, 0.15) is 36.1 Å². The molecule has 2 aromatic rings. The molecule has 1 heterocycles. The molecule has 1 aliphatic heterocycles. The molecule has 1 amide bonds. The number of carbonyl (C=O) groups is 1. The fourth-order valence-corrected chi connectivity index (χ4v) is 4.64. The lowest BCUT2D eigenvalue weighted by atomic mass is 10.0. The average molecular weight is 429 g/mol. The number of aryl methyl sites for hydroxylation is 1. The number of amides is 1. The third-order valence-electron chi connectivity index (χ3n) is 5.16. The first-order valence-corrected chi connectivity index (χ1v) is 11.5. The van der Waals surface area contributed by atoms with Crippen LogP contribution in [-0.4, -0.2) is 52.2 Å². The highest BCUT2D eigenvalue weighted by Crippen LogP contribution is 2.22. The molecule has 8 heteroatoms. The van der Waals surface area contributed by atoms with Gasteiger partial charge in [0.05, 0.1) is 17.5 Å². The second-order valence-corrected chi connectivity index (χ2v) is 9.11. The van der Waals surface area contributed by atoms with Crippen molar-refractivity contribution >= 4 is 21.8 Å². The molecule has 0 aromatic heterocycles. The number of aliphatic imine (C=N–C) groups is 1. The van der Waals surface area contributed by atoms with Crippen molar-refractivity contribution in [2.75, 3.05) is 27.2 Å². The van der Waals surface area contributed by atoms with Gasteiger partial charge in [-0.25, -0.2) is 8.42 Å². The molecule has 30 heavy (non-hydrogen) atoms. The number of likely N-dealkylation sites (N-methyl/N-ethyl adjacent to an activating group) is 1. The van der Waals surface area contributed by atoms with E-state index in [1.54, 1.807) is 24.3 Å². The Balaban J connectivity index is 1.56. The van der Waals surface area contributed by atoms with Crippen molar-refractivity contribution in [3.8, 4) is 0 Å². The highest BCUT2D eigenvalue weighted by Gasteiger charge is 2.29. The van der Waals surface area contributed by atoms with Crippen molar-refractivity contribution in [3.05, 3.63) is 65.2 Å². The van der Waals surface area contributed by atoms with E-state index in [-0.39, 0.29) is 29.8 Å². The predicted octanol–water partition coefficient (Wildman–Crippen LogP) is 2.10. The molecule has 3 rings (SSSR count). The van der Waals surface area contributed by atoms with Crippen LogP contribution >= 0.6 is 0 Å². The molecule has 0 aliphatic carbocycles. The van der Waals surface area contributed by atoms with Gasteiger partial charge in [-0.15, -0.1) is 0 Å². The Morgan fingerprint density at radius 1 is 1.13 bits per heavy atom. The lowest BCUT2D eigenvalue weighted by Gasteiger charge is -2.25. The molecule has 1 unspecified atom stereocenters. The Kier molecular flexibility index (Phi) is 6.89. The number of rotatable bonds is 8. The van der Waals surface area contributed by atoms with Gasteiger partial charge in [0, 0.05) is 18.5 Å². The summed E-state index contributed by atoms with van der Waals surface area (Å²) in [5.74, 6) is 0.172. The first-order chi connectivity index (χ1) is 14.3. The molecule has 0 saturated carbocycles. The fraction of sp³-hybridized carbons (Fsp3) is 0.364. The normalized spacial score (nSPS) is 16.9. The molecular formula is C22H28N4O3S. The molecule has 0 saturated heterocycles. The molecule has 0 radical (unpaired) electrons. The van der Waals surface area contributed by atoms with Crippen molar-refractivity contribution < 1.29 is 13.2 Å². The number of amidine groups is 1. The van der Waals surface area contributed by atoms with Gasteiger partial charge in [-0.2, -0.15) is 0 Å². The molecule has 1 aliphatic rings. The zero-order valence-electron chi connectivity index (χ0n) is 17.6. The number of sulfonamides is 1. The van der Waals surface area contributed by atoms with E-state index in [9.17, 15) is 13.2 Å². The zero-order valence-corrected chi connectivity index (χ0v) is 18.4. The van der Waals surface area contributed by atoms with Crippen LogP contribution in [0.5, 0.6) is 0 Å². The molecule has 0 bridgehead atoms. The van der Waals surface area contributed by atoms with Crippen LogP contribution in [0.4, 0.5) is 0 Å². The van der Waals surface area contributed by atoms with E-state index >= 15 is 0 Å². The van der Waals surface area contributed by atoms with Gasteiger partial charge in [-0.1, -0.05) is 43.3 Å². The lowest BCUT2D eigenvalue weighted by Crippen LogP contribution is -2.34. The second kappa shape index (κ2) is 9.40. The van der Waals surface area contributed by atoms with E-state index < -0.39 is 10.0 Å². The molecule has 7 nitrogen and oxygen atoms in total. The number of hydrogen-bond donors (Lipinski definition) is 2. The Morgan fingerprint density at radius 2 is 1.83 bits per heavy atom. The van der Waals surface area contributed by atoms with E-state index in [2.05, 4.69) is 51.1 Å². The van der Waals surface area contributed by atoms with Crippen LogP contribution in [0.3, 0.4) is 0 Å². The third kappa shape index (κ3) is 5.06. The first kappa shape index (κ1) is 22.0. The monoisotopic (exact) mass is 428 g/mol. The van der Waals surface area contributed by atoms with Gasteiger partial charge in [-0.05, 0) is 43.8 Å². The minimum atomic E-state index is -3.56. The van der Waals surface area contributed by atoms with Gasteiger partial charge in [0.15, 0.2) is 0 Å². The fourth-order valence-electron chi connectivity index (χ4n) is 3.39. The summed E-state index contributed by atoms with van der Waals surface area (Å²) in [5.41, 5.74) is 2.97. The molecule has 2 N–H and O–H groups in total. The van der Waals surface area contributed by atoms with E-state index in [0.717, 1.165) is 12.0 Å². The van der Waals surface area contributed by atoms with Gasteiger partial charge in [-0.3, -0.25) is 14.5 Å². The van der Waals surface area contributed by atoms with E-state index in [1.165, 1.54) is 5.56 Å². The highest BCUT2D eigenvalue weighted by atomic mass is 32.2. The lowest BCUT2D eigenvalue weighted by molar-refractivity contribution is -0.121. The van der Waals surface area contributed by atoms with E-state index in [4.69, 9.17) is 0 Å². The van der Waals surface area contributed by atoms with Crippen LogP contribution < -0.4 is 10.0 Å². The standard InChI is InChI=1S/C22H28N4O3S/c1-4-16-9-11-17(12-10-16)19(26(2)3)15-24-21(27)13-14-23-22-18-7-5-6-8-20(18)30(28,29)25-22/h5-12,19H,4,13-15H2,1-3H3,(H,23,25)(H,24,27). The van der Waals surface area contributed by atoms with Gasteiger partial charge < -0.3 is 10.2 Å². The minimum absolute atomic E-state index is 0.0692. The summed E-state index contributed by atoms with van der Waals surface area (Å²) in [4.78, 5) is 18.9. The number of nitrogens with zero attached hydrogens (tertiary/aromatic N) is 2. The van der Waals surface area contributed by atoms with Crippen molar-refractivity contribution in [1.82, 2.24) is 14.9 Å². The summed E-state index contributed by atoms with van der Waals surface area (Å²) >= 11 is 0. The molecule has 0 spiro atoms. The van der Waals surface area contributed by atoms with E-state index in [0.29, 0.717) is 17.9 Å². The van der Waals surface area contributed by atoms with Gasteiger partial charge in [0.25, 0.3) is 10.0 Å². The minimum Gasteiger partial charge on any atom is -0.354 e. The molecule has 0 fully saturated rings. The highest BCUT2D eigenvalue weighted by molar-refractivity contribution is 7.90. The quantitative estimate of drug-likeness (QED) is 0.674. The van der Waals surface area contributed by atoms with Crippen LogP contribution in [0, 0.1) is 0 Å².